The average Bonchev–Trinajstić information content (AvgIpc) is 2.52. The van der Waals surface area contributed by atoms with Crippen LogP contribution in [0.15, 0.2) is 0 Å². The summed E-state index contributed by atoms with van der Waals surface area (Å²) >= 11 is 5.14. The van der Waals surface area contributed by atoms with Gasteiger partial charge in [-0.15, -0.1) is 0 Å². The summed E-state index contributed by atoms with van der Waals surface area (Å²) in [4.78, 5) is 2.17. The summed E-state index contributed by atoms with van der Waals surface area (Å²) in [5, 5.41) is 12.6. The molecule has 1 unspecified atom stereocenters. The molecule has 1 rings (SSSR count). The maximum atomic E-state index is 8.81. The van der Waals surface area contributed by atoms with Crippen molar-refractivity contribution in [3.63, 3.8) is 0 Å². The summed E-state index contributed by atoms with van der Waals surface area (Å²) in [6.45, 7) is 1.29. The van der Waals surface area contributed by atoms with Crippen LogP contribution in [0.3, 0.4) is 0 Å². The normalized spacial score (nSPS) is 22.8. The van der Waals surface area contributed by atoms with Gasteiger partial charge in [0.1, 0.15) is 0 Å². The van der Waals surface area contributed by atoms with E-state index in [0.717, 1.165) is 24.5 Å². The van der Waals surface area contributed by atoms with Gasteiger partial charge in [-0.3, -0.25) is 0 Å². The minimum absolute atomic E-state index is 0.257. The van der Waals surface area contributed by atoms with Crippen LogP contribution in [-0.2, 0) is 0 Å². The SMILES string of the molecule is CNC(=S)N1CCCC1CCO. The Morgan fingerprint density at radius 3 is 3.08 bits per heavy atom. The summed E-state index contributed by atoms with van der Waals surface area (Å²) in [6, 6.07) is 0.454. The van der Waals surface area contributed by atoms with Gasteiger partial charge in [0.05, 0.1) is 0 Å². The van der Waals surface area contributed by atoms with Crippen molar-refractivity contribution in [3.05, 3.63) is 0 Å². The molecule has 0 aromatic heterocycles. The third-order valence-electron chi connectivity index (χ3n) is 2.31. The van der Waals surface area contributed by atoms with E-state index in [4.69, 9.17) is 17.3 Å². The van der Waals surface area contributed by atoms with Crippen molar-refractivity contribution < 1.29 is 5.11 Å². The largest absolute Gasteiger partial charge is 0.396 e. The van der Waals surface area contributed by atoms with Gasteiger partial charge in [-0.2, -0.15) is 0 Å². The van der Waals surface area contributed by atoms with Gasteiger partial charge in [0.2, 0.25) is 0 Å². The number of thiocarbonyl (C=S) groups is 1. The molecule has 12 heavy (non-hydrogen) atoms. The zero-order chi connectivity index (χ0) is 8.97. The average molecular weight is 188 g/mol. The van der Waals surface area contributed by atoms with Gasteiger partial charge in [-0.05, 0) is 31.5 Å². The maximum absolute atomic E-state index is 8.81. The molecule has 1 aliphatic rings. The lowest BCUT2D eigenvalue weighted by Gasteiger charge is -2.26. The number of hydrogen-bond donors (Lipinski definition) is 2. The van der Waals surface area contributed by atoms with Crippen molar-refractivity contribution in [2.75, 3.05) is 20.2 Å². The number of aliphatic hydroxyl groups excluding tert-OH is 1. The van der Waals surface area contributed by atoms with Crippen molar-refractivity contribution in [2.24, 2.45) is 0 Å². The molecule has 0 aromatic rings. The number of aliphatic hydroxyl groups is 1. The Kier molecular flexibility index (Phi) is 3.75. The molecule has 1 fully saturated rings. The van der Waals surface area contributed by atoms with Gasteiger partial charge in [0.25, 0.3) is 0 Å². The van der Waals surface area contributed by atoms with Crippen LogP contribution in [0.4, 0.5) is 0 Å². The Hall–Kier alpha value is -0.350. The van der Waals surface area contributed by atoms with Gasteiger partial charge in [-0.25, -0.2) is 0 Å². The fourth-order valence-electron chi connectivity index (χ4n) is 1.70. The summed E-state index contributed by atoms with van der Waals surface area (Å²) in [5.74, 6) is 0. The van der Waals surface area contributed by atoms with Crippen LogP contribution in [0.5, 0.6) is 0 Å². The molecule has 0 bridgehead atoms. The maximum Gasteiger partial charge on any atom is 0.168 e. The molecular weight excluding hydrogens is 172 g/mol. The van der Waals surface area contributed by atoms with Crippen molar-refractivity contribution in [2.45, 2.75) is 25.3 Å². The molecule has 0 amide bonds. The van der Waals surface area contributed by atoms with E-state index < -0.39 is 0 Å². The third kappa shape index (κ3) is 2.08. The van der Waals surface area contributed by atoms with E-state index in [0.29, 0.717) is 6.04 Å². The molecule has 1 atom stereocenters. The third-order valence-corrected chi connectivity index (χ3v) is 2.75. The summed E-state index contributed by atoms with van der Waals surface area (Å²) in [7, 11) is 1.84. The fourth-order valence-corrected chi connectivity index (χ4v) is 1.94. The Balaban J connectivity index is 2.45. The second kappa shape index (κ2) is 4.62. The lowest BCUT2D eigenvalue weighted by Crippen LogP contribution is -2.41. The summed E-state index contributed by atoms with van der Waals surface area (Å²) in [6.07, 6.45) is 3.18. The minimum atomic E-state index is 0.257. The molecule has 0 aliphatic carbocycles. The van der Waals surface area contributed by atoms with Crippen LogP contribution in [-0.4, -0.2) is 41.4 Å². The van der Waals surface area contributed by atoms with Crippen molar-refractivity contribution >= 4 is 17.3 Å². The first kappa shape index (κ1) is 9.74. The Bertz CT molecular complexity index is 163. The first-order valence-corrected chi connectivity index (χ1v) is 4.79. The molecule has 2 N–H and O–H groups in total. The van der Waals surface area contributed by atoms with Gasteiger partial charge < -0.3 is 15.3 Å². The Morgan fingerprint density at radius 1 is 1.75 bits per heavy atom. The Morgan fingerprint density at radius 2 is 2.50 bits per heavy atom. The van der Waals surface area contributed by atoms with Crippen LogP contribution in [0, 0.1) is 0 Å². The van der Waals surface area contributed by atoms with Crippen LogP contribution < -0.4 is 5.32 Å². The lowest BCUT2D eigenvalue weighted by atomic mass is 10.1. The number of nitrogens with one attached hydrogen (secondary N) is 1. The predicted octanol–water partition coefficient (Wildman–Crippen LogP) is 0.337. The molecule has 0 aromatic carbocycles. The highest BCUT2D eigenvalue weighted by molar-refractivity contribution is 7.80. The van der Waals surface area contributed by atoms with E-state index in [1.807, 2.05) is 7.05 Å². The molecule has 0 saturated carbocycles. The number of nitrogens with zero attached hydrogens (tertiary/aromatic N) is 1. The highest BCUT2D eigenvalue weighted by Crippen LogP contribution is 2.19. The number of rotatable bonds is 2. The molecule has 70 valence electrons. The molecular formula is C8H16N2OS. The smallest absolute Gasteiger partial charge is 0.168 e. The van der Waals surface area contributed by atoms with Crippen LogP contribution >= 0.6 is 12.2 Å². The lowest BCUT2D eigenvalue weighted by molar-refractivity contribution is 0.242. The zero-order valence-electron chi connectivity index (χ0n) is 7.42. The monoisotopic (exact) mass is 188 g/mol. The van der Waals surface area contributed by atoms with E-state index in [1.54, 1.807) is 0 Å². The highest BCUT2D eigenvalue weighted by atomic mass is 32.1. The van der Waals surface area contributed by atoms with Crippen LogP contribution in [0.2, 0.25) is 0 Å². The molecule has 0 radical (unpaired) electrons. The topological polar surface area (TPSA) is 35.5 Å². The summed E-state index contributed by atoms with van der Waals surface area (Å²) in [5.41, 5.74) is 0. The van der Waals surface area contributed by atoms with Crippen molar-refractivity contribution in [1.82, 2.24) is 10.2 Å². The van der Waals surface area contributed by atoms with E-state index in [1.165, 1.54) is 6.42 Å². The molecule has 1 heterocycles. The molecule has 1 saturated heterocycles. The number of likely N-dealkylation sites (tertiary alicyclic amines) is 1. The second-order valence-electron chi connectivity index (χ2n) is 3.06. The standard InChI is InChI=1S/C8H16N2OS/c1-9-8(12)10-5-2-3-7(10)4-6-11/h7,11H,2-6H2,1H3,(H,9,12). The first-order valence-electron chi connectivity index (χ1n) is 4.38. The Labute approximate surface area is 78.8 Å². The van der Waals surface area contributed by atoms with Crippen molar-refractivity contribution in [3.8, 4) is 0 Å². The van der Waals surface area contributed by atoms with Gasteiger partial charge in [0, 0.05) is 26.2 Å². The van der Waals surface area contributed by atoms with E-state index in [-0.39, 0.29) is 6.61 Å². The quantitative estimate of drug-likeness (QED) is 0.613. The predicted molar refractivity (Wildman–Crippen MR) is 53.1 cm³/mol. The molecule has 4 heteroatoms. The molecule has 3 nitrogen and oxygen atoms in total. The van der Waals surface area contributed by atoms with Gasteiger partial charge in [0.15, 0.2) is 5.11 Å². The fraction of sp³-hybridized carbons (Fsp3) is 0.875. The highest BCUT2D eigenvalue weighted by Gasteiger charge is 2.24. The van der Waals surface area contributed by atoms with Crippen molar-refractivity contribution in [1.29, 1.82) is 0 Å². The van der Waals surface area contributed by atoms with Gasteiger partial charge >= 0.3 is 0 Å². The molecule has 0 spiro atoms. The van der Waals surface area contributed by atoms with Gasteiger partial charge in [-0.1, -0.05) is 0 Å². The van der Waals surface area contributed by atoms with E-state index >= 15 is 0 Å². The van der Waals surface area contributed by atoms with Crippen LogP contribution in [0.1, 0.15) is 19.3 Å². The number of hydrogen-bond acceptors (Lipinski definition) is 2. The first-order chi connectivity index (χ1) is 5.79. The van der Waals surface area contributed by atoms with Crippen LogP contribution in [0.25, 0.3) is 0 Å². The molecule has 1 aliphatic heterocycles. The second-order valence-corrected chi connectivity index (χ2v) is 3.44. The summed E-state index contributed by atoms with van der Waals surface area (Å²) < 4.78 is 0. The minimum Gasteiger partial charge on any atom is -0.396 e. The van der Waals surface area contributed by atoms with E-state index in [2.05, 4.69) is 10.2 Å². The zero-order valence-corrected chi connectivity index (χ0v) is 8.23. The van der Waals surface area contributed by atoms with E-state index in [9.17, 15) is 0 Å².